The maximum atomic E-state index is 17.3. The lowest BCUT2D eigenvalue weighted by atomic mass is 9.44. The lowest BCUT2D eigenvalue weighted by Gasteiger charge is -2.62. The zero-order valence-corrected chi connectivity index (χ0v) is 21.3. The number of aliphatic hydroxyl groups is 2. The van der Waals surface area contributed by atoms with Gasteiger partial charge < -0.3 is 20.3 Å². The molecule has 35 heavy (non-hydrogen) atoms. The number of alkyl carbamates (subject to hydrolysis) is 1. The number of Topliss-reactive ketones (excluding diaryl/α,β-unsaturated/α-hetero) is 1. The average Bonchev–Trinajstić information content (AvgIpc) is 3.01. The first-order valence-electron chi connectivity index (χ1n) is 12.8. The normalized spacial score (nSPS) is 45.0. The van der Waals surface area contributed by atoms with Crippen molar-refractivity contribution in [2.24, 2.45) is 28.6 Å². The number of hydrogen-bond donors (Lipinski definition) is 3. The zero-order valence-electron chi connectivity index (χ0n) is 21.3. The Morgan fingerprint density at radius 3 is 2.63 bits per heavy atom. The summed E-state index contributed by atoms with van der Waals surface area (Å²) in [6.07, 6.45) is 4.11. The number of carbonyl (C=O) groups is 3. The van der Waals surface area contributed by atoms with Gasteiger partial charge in [0.15, 0.2) is 17.1 Å². The van der Waals surface area contributed by atoms with Gasteiger partial charge in [-0.1, -0.05) is 32.4 Å². The summed E-state index contributed by atoms with van der Waals surface area (Å²) < 4.78 is 23.3. The largest absolute Gasteiger partial charge is 0.434 e. The molecule has 1 amide bonds. The molecule has 4 rings (SSSR count). The van der Waals surface area contributed by atoms with E-state index in [2.05, 4.69) is 5.32 Å². The summed E-state index contributed by atoms with van der Waals surface area (Å²) in [5.74, 6) is -2.28. The van der Waals surface area contributed by atoms with Crippen LogP contribution in [0.2, 0.25) is 0 Å². The summed E-state index contributed by atoms with van der Waals surface area (Å²) >= 11 is 0. The predicted octanol–water partition coefficient (Wildman–Crippen LogP) is 3.43. The van der Waals surface area contributed by atoms with Crippen LogP contribution in [0.25, 0.3) is 0 Å². The highest BCUT2D eigenvalue weighted by molar-refractivity contribution is 6.01. The molecule has 7 nitrogen and oxygen atoms in total. The van der Waals surface area contributed by atoms with Gasteiger partial charge in [0.2, 0.25) is 5.78 Å². The van der Waals surface area contributed by atoms with Gasteiger partial charge in [0.05, 0.1) is 6.10 Å². The van der Waals surface area contributed by atoms with Crippen molar-refractivity contribution in [1.29, 1.82) is 0 Å². The third-order valence-corrected chi connectivity index (χ3v) is 9.97. The van der Waals surface area contributed by atoms with Gasteiger partial charge in [0.1, 0.15) is 6.61 Å². The average molecular weight is 492 g/mol. The SMILES string of the molecule is CCC(C)NC(=O)O[C@]1(C(=O)CO)[C@@H](C)C[C@H]2[C@@H]3CCC4=CC(=O)C=C[C@]4(C)[C@@]3(F)[C@@H](O)C[C@@]21C. The van der Waals surface area contributed by atoms with Crippen molar-refractivity contribution in [3.8, 4) is 0 Å². The van der Waals surface area contributed by atoms with E-state index >= 15 is 4.39 Å². The Morgan fingerprint density at radius 2 is 2.00 bits per heavy atom. The van der Waals surface area contributed by atoms with Gasteiger partial charge in [0, 0.05) is 28.7 Å². The Balaban J connectivity index is 1.79. The molecule has 0 aromatic heterocycles. The summed E-state index contributed by atoms with van der Waals surface area (Å²) in [4.78, 5) is 38.3. The molecule has 0 heterocycles. The second kappa shape index (κ2) is 8.51. The van der Waals surface area contributed by atoms with Gasteiger partial charge in [0.25, 0.3) is 0 Å². The fourth-order valence-electron chi connectivity index (χ4n) is 8.00. The maximum Gasteiger partial charge on any atom is 0.408 e. The topological polar surface area (TPSA) is 113 Å². The Labute approximate surface area is 206 Å². The summed E-state index contributed by atoms with van der Waals surface area (Å²) in [6.45, 7) is 8.24. The second-order valence-electron chi connectivity index (χ2n) is 11.6. The van der Waals surface area contributed by atoms with E-state index < -0.39 is 58.5 Å². The van der Waals surface area contributed by atoms with Gasteiger partial charge in [-0.15, -0.1) is 0 Å². The second-order valence-corrected chi connectivity index (χ2v) is 11.6. The summed E-state index contributed by atoms with van der Waals surface area (Å²) in [7, 11) is 0. The highest BCUT2D eigenvalue weighted by Crippen LogP contribution is 2.71. The van der Waals surface area contributed by atoms with Crippen molar-refractivity contribution in [3.63, 3.8) is 0 Å². The molecule has 3 N–H and O–H groups in total. The van der Waals surface area contributed by atoms with E-state index in [1.807, 2.05) is 13.8 Å². The van der Waals surface area contributed by atoms with Crippen molar-refractivity contribution in [3.05, 3.63) is 23.8 Å². The molecule has 8 heteroatoms. The number of fused-ring (bicyclic) bond motifs is 5. The summed E-state index contributed by atoms with van der Waals surface area (Å²) in [5, 5.41) is 24.2. The fraction of sp³-hybridized carbons (Fsp3) is 0.741. The van der Waals surface area contributed by atoms with Crippen LogP contribution in [0, 0.1) is 28.6 Å². The van der Waals surface area contributed by atoms with E-state index in [9.17, 15) is 24.6 Å². The number of ketones is 2. The highest BCUT2D eigenvalue weighted by Gasteiger charge is 2.77. The molecular weight excluding hydrogens is 453 g/mol. The monoisotopic (exact) mass is 491 g/mol. The Kier molecular flexibility index (Phi) is 6.33. The van der Waals surface area contributed by atoms with Crippen LogP contribution in [0.5, 0.6) is 0 Å². The molecule has 4 aliphatic carbocycles. The minimum atomic E-state index is -2.05. The van der Waals surface area contributed by atoms with Gasteiger partial charge in [-0.25, -0.2) is 9.18 Å². The van der Waals surface area contributed by atoms with E-state index in [-0.39, 0.29) is 24.2 Å². The van der Waals surface area contributed by atoms with E-state index in [0.29, 0.717) is 31.3 Å². The molecule has 0 saturated heterocycles. The molecule has 0 aliphatic heterocycles. The standard InChI is InChI=1S/C27H38FNO6/c1-6-16(3)29-23(34)35-27(22(33)14-30)15(2)11-20-19-8-7-17-12-18(31)9-10-24(17,4)26(19,28)21(32)13-25(20,27)5/h9-10,12,15-16,19-21,30,32H,6-8,11,13-14H2,1-5H3,(H,29,34)/t15-,16?,19-,20-,21-,24-,25-,26-,27-/m0/s1. The third-order valence-electron chi connectivity index (χ3n) is 9.97. The Hall–Kier alpha value is -2.06. The molecule has 3 saturated carbocycles. The number of nitrogens with one attached hydrogen (secondary N) is 1. The van der Waals surface area contributed by atoms with Crippen LogP contribution in [0.1, 0.15) is 66.7 Å². The predicted molar refractivity (Wildman–Crippen MR) is 127 cm³/mol. The van der Waals surface area contributed by atoms with Crippen LogP contribution in [-0.4, -0.2) is 57.9 Å². The van der Waals surface area contributed by atoms with Gasteiger partial charge in [-0.3, -0.25) is 9.59 Å². The van der Waals surface area contributed by atoms with E-state index in [1.54, 1.807) is 26.8 Å². The fourth-order valence-corrected chi connectivity index (χ4v) is 8.00. The van der Waals surface area contributed by atoms with Gasteiger partial charge in [-0.2, -0.15) is 0 Å². The molecule has 1 unspecified atom stereocenters. The Bertz CT molecular complexity index is 994. The number of amides is 1. The zero-order chi connectivity index (χ0) is 26.0. The van der Waals surface area contributed by atoms with Crippen LogP contribution < -0.4 is 5.32 Å². The van der Waals surface area contributed by atoms with Crippen molar-refractivity contribution in [2.45, 2.75) is 90.1 Å². The lowest BCUT2D eigenvalue weighted by molar-refractivity contribution is -0.219. The van der Waals surface area contributed by atoms with Crippen LogP contribution in [0.4, 0.5) is 9.18 Å². The van der Waals surface area contributed by atoms with Crippen LogP contribution >= 0.6 is 0 Å². The van der Waals surface area contributed by atoms with Gasteiger partial charge in [-0.05, 0) is 64.0 Å². The molecule has 9 atom stereocenters. The molecule has 194 valence electrons. The van der Waals surface area contributed by atoms with Crippen LogP contribution in [0.3, 0.4) is 0 Å². The molecule has 0 radical (unpaired) electrons. The van der Waals surface area contributed by atoms with E-state index in [0.717, 1.165) is 0 Å². The van der Waals surface area contributed by atoms with Crippen molar-refractivity contribution < 1.29 is 33.7 Å². The number of alkyl halides is 1. The Morgan fingerprint density at radius 1 is 1.31 bits per heavy atom. The molecule has 0 aromatic rings. The van der Waals surface area contributed by atoms with Crippen molar-refractivity contribution >= 4 is 17.7 Å². The third kappa shape index (κ3) is 3.31. The van der Waals surface area contributed by atoms with Crippen LogP contribution in [0.15, 0.2) is 23.8 Å². The molecular formula is C27H38FNO6. The van der Waals surface area contributed by atoms with Crippen LogP contribution in [-0.2, 0) is 14.3 Å². The number of ether oxygens (including phenoxy) is 1. The van der Waals surface area contributed by atoms with E-state index in [4.69, 9.17) is 4.74 Å². The lowest BCUT2D eigenvalue weighted by Crippen LogP contribution is -2.70. The smallest absolute Gasteiger partial charge is 0.408 e. The number of carbonyl (C=O) groups excluding carboxylic acids is 3. The van der Waals surface area contributed by atoms with Crippen molar-refractivity contribution in [1.82, 2.24) is 5.32 Å². The molecule has 0 aromatic carbocycles. The first kappa shape index (κ1) is 26.0. The molecule has 4 aliphatic rings. The minimum Gasteiger partial charge on any atom is -0.434 e. The number of allylic oxidation sites excluding steroid dienone is 4. The number of aliphatic hydroxyl groups excluding tert-OH is 2. The van der Waals surface area contributed by atoms with Gasteiger partial charge >= 0.3 is 6.09 Å². The first-order valence-corrected chi connectivity index (χ1v) is 12.8. The maximum absolute atomic E-state index is 17.3. The number of rotatable bonds is 5. The molecule has 3 fully saturated rings. The quantitative estimate of drug-likeness (QED) is 0.543. The summed E-state index contributed by atoms with van der Waals surface area (Å²) in [6, 6.07) is -0.177. The van der Waals surface area contributed by atoms with Crippen molar-refractivity contribution in [2.75, 3.05) is 6.61 Å². The van der Waals surface area contributed by atoms with E-state index in [1.165, 1.54) is 12.2 Å². The molecule has 0 spiro atoms. The summed E-state index contributed by atoms with van der Waals surface area (Å²) in [5.41, 5.74) is -5.28. The number of halogens is 1. The molecule has 0 bridgehead atoms. The number of hydrogen-bond acceptors (Lipinski definition) is 6. The minimum absolute atomic E-state index is 0.109. The first-order chi connectivity index (χ1) is 16.3. The highest BCUT2D eigenvalue weighted by atomic mass is 19.1.